The molecule has 1 saturated heterocycles. The van der Waals surface area contributed by atoms with Gasteiger partial charge < -0.3 is 19.2 Å². The van der Waals surface area contributed by atoms with Gasteiger partial charge in [0.15, 0.2) is 5.76 Å². The number of alkyl halides is 3. The molecule has 2 atom stereocenters. The third-order valence-electron chi connectivity index (χ3n) is 5.16. The zero-order valence-electron chi connectivity index (χ0n) is 16.6. The summed E-state index contributed by atoms with van der Waals surface area (Å²) < 4.78 is 43.2. The molecule has 0 radical (unpaired) electrons. The second-order valence-corrected chi connectivity index (χ2v) is 7.51. The quantitative estimate of drug-likeness (QED) is 0.739. The minimum absolute atomic E-state index is 0.0448. The minimum Gasteiger partial charge on any atom is -0.475 e. The maximum atomic E-state index is 12.8. The van der Waals surface area contributed by atoms with Crippen LogP contribution in [0.25, 0.3) is 0 Å². The second kappa shape index (κ2) is 9.95. The van der Waals surface area contributed by atoms with E-state index in [1.807, 2.05) is 17.0 Å². The lowest BCUT2D eigenvalue weighted by Gasteiger charge is -2.28. The van der Waals surface area contributed by atoms with Crippen LogP contribution in [0.5, 0.6) is 0 Å². The average Bonchev–Trinajstić information content (AvgIpc) is 3.23. The predicted molar refractivity (Wildman–Crippen MR) is 102 cm³/mol. The van der Waals surface area contributed by atoms with Crippen molar-refractivity contribution in [3.05, 3.63) is 54.2 Å². The van der Waals surface area contributed by atoms with Crippen LogP contribution >= 0.6 is 0 Å². The van der Waals surface area contributed by atoms with Crippen LogP contribution in [0, 0.1) is 5.92 Å². The first-order chi connectivity index (χ1) is 14.8. The molecule has 10 heteroatoms. The van der Waals surface area contributed by atoms with Gasteiger partial charge in [0.05, 0.1) is 18.4 Å². The van der Waals surface area contributed by atoms with Crippen LogP contribution in [0.1, 0.15) is 35.4 Å². The van der Waals surface area contributed by atoms with Gasteiger partial charge in [0.2, 0.25) is 0 Å². The van der Waals surface area contributed by atoms with E-state index in [-0.39, 0.29) is 18.1 Å². The van der Waals surface area contributed by atoms with Crippen LogP contribution in [0.3, 0.4) is 0 Å². The molecule has 2 aliphatic rings. The van der Waals surface area contributed by atoms with Gasteiger partial charge in [0.25, 0.3) is 5.91 Å². The van der Waals surface area contributed by atoms with Gasteiger partial charge in [-0.05, 0) is 61.4 Å². The Morgan fingerprint density at radius 1 is 1.19 bits per heavy atom. The highest BCUT2D eigenvalue weighted by Gasteiger charge is 2.40. The first-order valence-electron chi connectivity index (χ1n) is 9.90. The largest absolute Gasteiger partial charge is 0.490 e. The zero-order chi connectivity index (χ0) is 22.4. The minimum atomic E-state index is -5.08. The van der Waals surface area contributed by atoms with E-state index >= 15 is 0 Å². The van der Waals surface area contributed by atoms with Crippen LogP contribution in [-0.2, 0) is 16.0 Å². The Labute approximate surface area is 176 Å². The van der Waals surface area contributed by atoms with Gasteiger partial charge in [0.1, 0.15) is 0 Å². The lowest BCUT2D eigenvalue weighted by Crippen LogP contribution is -2.42. The Bertz CT molecular complexity index is 854. The number of carbonyl (C=O) groups excluding carboxylic acids is 1. The molecule has 0 aromatic carbocycles. The first-order valence-corrected chi connectivity index (χ1v) is 9.90. The molecule has 7 nitrogen and oxygen atoms in total. The number of furan rings is 1. The summed E-state index contributed by atoms with van der Waals surface area (Å²) in [6.45, 7) is 1.53. The van der Waals surface area contributed by atoms with Crippen LogP contribution in [0.2, 0.25) is 0 Å². The van der Waals surface area contributed by atoms with Crippen molar-refractivity contribution in [2.75, 3.05) is 13.2 Å². The molecule has 4 rings (SSSR count). The van der Waals surface area contributed by atoms with Crippen molar-refractivity contribution in [1.82, 2.24) is 9.88 Å². The monoisotopic (exact) mass is 440 g/mol. The lowest BCUT2D eigenvalue weighted by molar-refractivity contribution is -0.192. The van der Waals surface area contributed by atoms with Crippen molar-refractivity contribution in [2.45, 2.75) is 44.0 Å². The molecule has 2 aromatic rings. The van der Waals surface area contributed by atoms with Gasteiger partial charge >= 0.3 is 12.1 Å². The van der Waals surface area contributed by atoms with Crippen molar-refractivity contribution in [2.24, 2.45) is 5.92 Å². The lowest BCUT2D eigenvalue weighted by atomic mass is 10.0. The van der Waals surface area contributed by atoms with Gasteiger partial charge in [-0.3, -0.25) is 9.78 Å². The molecule has 1 aliphatic carbocycles. The Morgan fingerprint density at radius 2 is 1.87 bits per heavy atom. The summed E-state index contributed by atoms with van der Waals surface area (Å²) >= 11 is 0. The number of aromatic nitrogens is 1. The summed E-state index contributed by atoms with van der Waals surface area (Å²) in [5, 5.41) is 7.12. The molecule has 2 fully saturated rings. The van der Waals surface area contributed by atoms with Gasteiger partial charge in [-0.15, -0.1) is 0 Å². The number of carboxylic acid groups (broad SMARTS) is 1. The molecular weight excluding hydrogens is 417 g/mol. The molecule has 31 heavy (non-hydrogen) atoms. The number of hydrogen-bond acceptors (Lipinski definition) is 5. The van der Waals surface area contributed by atoms with E-state index in [4.69, 9.17) is 19.1 Å². The summed E-state index contributed by atoms with van der Waals surface area (Å²) in [7, 11) is 0. The van der Waals surface area contributed by atoms with Gasteiger partial charge in [-0.25, -0.2) is 4.79 Å². The first kappa shape index (κ1) is 22.8. The third-order valence-corrected chi connectivity index (χ3v) is 5.16. The third kappa shape index (κ3) is 6.55. The Hall–Kier alpha value is -2.88. The van der Waals surface area contributed by atoms with E-state index in [2.05, 4.69) is 4.98 Å². The highest BCUT2D eigenvalue weighted by Crippen LogP contribution is 2.32. The molecule has 0 bridgehead atoms. The average molecular weight is 440 g/mol. The number of ether oxygens (including phenoxy) is 1. The van der Waals surface area contributed by atoms with Crippen LogP contribution in [-0.4, -0.2) is 58.3 Å². The summed E-state index contributed by atoms with van der Waals surface area (Å²) in [6.07, 6.45) is 4.36. The highest BCUT2D eigenvalue weighted by molar-refractivity contribution is 5.92. The highest BCUT2D eigenvalue weighted by atomic mass is 19.4. The molecule has 1 saturated carbocycles. The fraction of sp³-hybridized carbons (Fsp3) is 0.476. The molecule has 3 heterocycles. The van der Waals surface area contributed by atoms with Crippen LogP contribution in [0.15, 0.2) is 47.3 Å². The molecule has 1 amide bonds. The SMILES string of the molecule is O=C(O)C(F)(F)F.O=C(c1ccco1)N1CC[C@@H](OCC2CC2)[C@@H]1Cc1ccncc1. The summed E-state index contributed by atoms with van der Waals surface area (Å²) in [5.41, 5.74) is 1.18. The summed E-state index contributed by atoms with van der Waals surface area (Å²) in [6, 6.07) is 7.54. The van der Waals surface area contributed by atoms with Crippen molar-refractivity contribution in [1.29, 1.82) is 0 Å². The Balaban J connectivity index is 0.000000339. The number of halogens is 3. The van der Waals surface area contributed by atoms with E-state index in [1.165, 1.54) is 18.4 Å². The van der Waals surface area contributed by atoms with E-state index in [0.717, 1.165) is 25.4 Å². The van der Waals surface area contributed by atoms with E-state index < -0.39 is 12.1 Å². The number of carboxylic acids is 1. The number of pyridine rings is 1. The second-order valence-electron chi connectivity index (χ2n) is 7.51. The van der Waals surface area contributed by atoms with Crippen LogP contribution in [0.4, 0.5) is 13.2 Å². The van der Waals surface area contributed by atoms with E-state index in [1.54, 1.807) is 30.8 Å². The fourth-order valence-corrected chi connectivity index (χ4v) is 3.36. The number of nitrogens with zero attached hydrogens (tertiary/aromatic N) is 2. The zero-order valence-corrected chi connectivity index (χ0v) is 16.6. The number of rotatable bonds is 6. The summed E-state index contributed by atoms with van der Waals surface area (Å²) in [4.78, 5) is 27.7. The maximum absolute atomic E-state index is 12.8. The number of likely N-dealkylation sites (tertiary alicyclic amines) is 1. The predicted octanol–water partition coefficient (Wildman–Crippen LogP) is 3.56. The normalized spacial score (nSPS) is 20.8. The number of carbonyl (C=O) groups is 2. The molecule has 1 N–H and O–H groups in total. The standard InChI is InChI=1S/C19H22N2O3.C2HF3O2/c22-19(18-2-1-11-23-18)21-10-7-17(24-13-15-3-4-15)16(21)12-14-5-8-20-9-6-14;3-2(4,5)1(6)7/h1-2,5-6,8-9,11,15-17H,3-4,7,10,12-13H2;(H,6,7)/t16-,17+;/m0./s1. The van der Waals surface area contributed by atoms with Crippen molar-refractivity contribution < 1.29 is 37.0 Å². The van der Waals surface area contributed by atoms with Crippen LogP contribution < -0.4 is 0 Å². The summed E-state index contributed by atoms with van der Waals surface area (Å²) in [5.74, 6) is -1.68. The molecule has 0 unspecified atom stereocenters. The fourth-order valence-electron chi connectivity index (χ4n) is 3.36. The van der Waals surface area contributed by atoms with Crippen molar-refractivity contribution in [3.8, 4) is 0 Å². The van der Waals surface area contributed by atoms with Gasteiger partial charge in [-0.2, -0.15) is 13.2 Å². The Kier molecular flexibility index (Phi) is 7.32. The van der Waals surface area contributed by atoms with E-state index in [0.29, 0.717) is 12.3 Å². The van der Waals surface area contributed by atoms with Crippen molar-refractivity contribution in [3.63, 3.8) is 0 Å². The molecule has 1 aliphatic heterocycles. The molecule has 2 aromatic heterocycles. The van der Waals surface area contributed by atoms with Gasteiger partial charge in [0, 0.05) is 25.5 Å². The molecule has 0 spiro atoms. The smallest absolute Gasteiger partial charge is 0.475 e. The number of amides is 1. The van der Waals surface area contributed by atoms with Gasteiger partial charge in [-0.1, -0.05) is 0 Å². The van der Waals surface area contributed by atoms with E-state index in [9.17, 15) is 18.0 Å². The molecular formula is C21H23F3N2O5. The van der Waals surface area contributed by atoms with Crippen molar-refractivity contribution >= 4 is 11.9 Å². The molecule has 168 valence electrons. The topological polar surface area (TPSA) is 92.9 Å². The Morgan fingerprint density at radius 3 is 2.42 bits per heavy atom. The maximum Gasteiger partial charge on any atom is 0.490 e. The number of hydrogen-bond donors (Lipinski definition) is 1. The number of aliphatic carboxylic acids is 1.